The van der Waals surface area contributed by atoms with E-state index in [0.29, 0.717) is 6.42 Å². The monoisotopic (exact) mass is 262 g/mol. The van der Waals surface area contributed by atoms with E-state index in [4.69, 9.17) is 0 Å². The molecule has 0 radical (unpaired) electrons. The van der Waals surface area contributed by atoms with Crippen LogP contribution in [0.15, 0.2) is 18.2 Å². The first-order valence-electron chi connectivity index (χ1n) is 4.72. The highest BCUT2D eigenvalue weighted by Crippen LogP contribution is 2.19. The first kappa shape index (κ1) is 11.6. The van der Waals surface area contributed by atoms with Crippen molar-refractivity contribution in [3.63, 3.8) is 0 Å². The zero-order chi connectivity index (χ0) is 10.6. The summed E-state index contributed by atoms with van der Waals surface area (Å²) in [4.78, 5) is 0.152. The molecule has 0 N–H and O–H groups in total. The van der Waals surface area contributed by atoms with E-state index in [1.165, 1.54) is 18.2 Å². The van der Waals surface area contributed by atoms with Gasteiger partial charge in [-0.15, -0.1) is 0 Å². The lowest BCUT2D eigenvalue weighted by molar-refractivity contribution is 0.549. The standard InChI is InChI=1S/C11H13BrF2/c1-2-4-8(12)7-9-10(13)5-3-6-11(9)14/h3,5-6,8H,2,4,7H2,1H3. The van der Waals surface area contributed by atoms with Gasteiger partial charge in [0, 0.05) is 10.4 Å². The van der Waals surface area contributed by atoms with E-state index in [9.17, 15) is 8.78 Å². The van der Waals surface area contributed by atoms with Crippen molar-refractivity contribution < 1.29 is 8.78 Å². The van der Waals surface area contributed by atoms with Gasteiger partial charge in [-0.2, -0.15) is 0 Å². The maximum atomic E-state index is 13.2. The fourth-order valence-corrected chi connectivity index (χ4v) is 2.15. The number of hydrogen-bond donors (Lipinski definition) is 0. The maximum absolute atomic E-state index is 13.2. The second kappa shape index (κ2) is 5.44. The van der Waals surface area contributed by atoms with Crippen molar-refractivity contribution in [2.24, 2.45) is 0 Å². The molecule has 0 saturated heterocycles. The number of alkyl halides is 1. The highest BCUT2D eigenvalue weighted by molar-refractivity contribution is 9.09. The Labute approximate surface area is 91.5 Å². The normalized spacial score (nSPS) is 12.9. The first-order valence-corrected chi connectivity index (χ1v) is 5.63. The van der Waals surface area contributed by atoms with Crippen LogP contribution in [0.1, 0.15) is 25.3 Å². The van der Waals surface area contributed by atoms with E-state index in [1.54, 1.807) is 0 Å². The highest BCUT2D eigenvalue weighted by atomic mass is 79.9. The predicted octanol–water partition coefficient (Wildman–Crippen LogP) is 4.07. The molecule has 0 amide bonds. The van der Waals surface area contributed by atoms with Gasteiger partial charge in [-0.05, 0) is 25.0 Å². The molecule has 1 atom stereocenters. The van der Waals surface area contributed by atoms with Crippen molar-refractivity contribution in [1.29, 1.82) is 0 Å². The third-order valence-corrected chi connectivity index (χ3v) is 2.87. The second-order valence-corrected chi connectivity index (χ2v) is 4.59. The minimum atomic E-state index is -0.453. The van der Waals surface area contributed by atoms with Crippen LogP contribution in [0.25, 0.3) is 0 Å². The summed E-state index contributed by atoms with van der Waals surface area (Å²) in [6.07, 6.45) is 2.34. The molecule has 0 aliphatic carbocycles. The third-order valence-electron chi connectivity index (χ3n) is 2.09. The van der Waals surface area contributed by atoms with Crippen molar-refractivity contribution in [2.75, 3.05) is 0 Å². The van der Waals surface area contributed by atoms with Crippen LogP contribution in [0.2, 0.25) is 0 Å². The van der Waals surface area contributed by atoms with Crippen molar-refractivity contribution in [2.45, 2.75) is 31.0 Å². The number of rotatable bonds is 4. The molecule has 0 heterocycles. The van der Waals surface area contributed by atoms with Crippen LogP contribution < -0.4 is 0 Å². The van der Waals surface area contributed by atoms with Gasteiger partial charge in [0.15, 0.2) is 0 Å². The van der Waals surface area contributed by atoms with E-state index >= 15 is 0 Å². The largest absolute Gasteiger partial charge is 0.207 e. The Morgan fingerprint density at radius 2 is 1.86 bits per heavy atom. The minimum absolute atomic E-state index is 0.152. The average Bonchev–Trinajstić information content (AvgIpc) is 2.12. The summed E-state index contributed by atoms with van der Waals surface area (Å²) < 4.78 is 26.4. The van der Waals surface area contributed by atoms with Crippen molar-refractivity contribution in [3.8, 4) is 0 Å². The topological polar surface area (TPSA) is 0 Å². The maximum Gasteiger partial charge on any atom is 0.129 e. The third kappa shape index (κ3) is 3.05. The van der Waals surface area contributed by atoms with Gasteiger partial charge in [-0.1, -0.05) is 35.3 Å². The van der Waals surface area contributed by atoms with Gasteiger partial charge >= 0.3 is 0 Å². The molecule has 0 aliphatic heterocycles. The van der Waals surface area contributed by atoms with Crippen LogP contribution in [0.4, 0.5) is 8.78 Å². The van der Waals surface area contributed by atoms with Gasteiger partial charge in [0.1, 0.15) is 11.6 Å². The number of halogens is 3. The smallest absolute Gasteiger partial charge is 0.129 e. The lowest BCUT2D eigenvalue weighted by Gasteiger charge is -2.09. The van der Waals surface area contributed by atoms with Crippen LogP contribution in [0.3, 0.4) is 0 Å². The van der Waals surface area contributed by atoms with Crippen LogP contribution in [0, 0.1) is 11.6 Å². The Bertz CT molecular complexity index is 279. The molecule has 0 aliphatic rings. The fraction of sp³-hybridized carbons (Fsp3) is 0.455. The molecule has 3 heteroatoms. The van der Waals surface area contributed by atoms with Crippen molar-refractivity contribution in [3.05, 3.63) is 35.4 Å². The summed E-state index contributed by atoms with van der Waals surface area (Å²) in [7, 11) is 0. The first-order chi connectivity index (χ1) is 6.65. The molecule has 78 valence electrons. The number of benzene rings is 1. The van der Waals surface area contributed by atoms with Gasteiger partial charge in [0.2, 0.25) is 0 Å². The summed E-state index contributed by atoms with van der Waals surface area (Å²) in [5, 5.41) is 0. The minimum Gasteiger partial charge on any atom is -0.207 e. The van der Waals surface area contributed by atoms with E-state index in [0.717, 1.165) is 12.8 Å². The van der Waals surface area contributed by atoms with Crippen LogP contribution in [0.5, 0.6) is 0 Å². The van der Waals surface area contributed by atoms with Gasteiger partial charge in [0.25, 0.3) is 0 Å². The van der Waals surface area contributed by atoms with Crippen LogP contribution >= 0.6 is 15.9 Å². The Morgan fingerprint density at radius 1 is 1.29 bits per heavy atom. The van der Waals surface area contributed by atoms with E-state index < -0.39 is 11.6 Å². The molecule has 0 spiro atoms. The summed E-state index contributed by atoms with van der Waals surface area (Å²) in [5.41, 5.74) is 0.183. The number of hydrogen-bond acceptors (Lipinski definition) is 0. The molecule has 1 unspecified atom stereocenters. The van der Waals surface area contributed by atoms with E-state index in [-0.39, 0.29) is 10.4 Å². The molecule has 0 aromatic heterocycles. The quantitative estimate of drug-likeness (QED) is 0.718. The SMILES string of the molecule is CCCC(Br)Cc1c(F)cccc1F. The van der Waals surface area contributed by atoms with E-state index in [2.05, 4.69) is 15.9 Å². The zero-order valence-electron chi connectivity index (χ0n) is 8.06. The van der Waals surface area contributed by atoms with Gasteiger partial charge in [0.05, 0.1) is 0 Å². The molecular formula is C11H13BrF2. The fourth-order valence-electron chi connectivity index (χ4n) is 1.36. The van der Waals surface area contributed by atoms with Crippen LogP contribution in [-0.4, -0.2) is 4.83 Å². The lowest BCUT2D eigenvalue weighted by atomic mass is 10.1. The highest BCUT2D eigenvalue weighted by Gasteiger charge is 2.12. The summed E-state index contributed by atoms with van der Waals surface area (Å²) in [5.74, 6) is -0.906. The molecule has 0 nitrogen and oxygen atoms in total. The van der Waals surface area contributed by atoms with Crippen molar-refractivity contribution >= 4 is 15.9 Å². The Kier molecular flexibility index (Phi) is 4.52. The summed E-state index contributed by atoms with van der Waals surface area (Å²) >= 11 is 3.41. The molecular weight excluding hydrogens is 250 g/mol. The summed E-state index contributed by atoms with van der Waals surface area (Å²) in [6, 6.07) is 3.98. The summed E-state index contributed by atoms with van der Waals surface area (Å²) in [6.45, 7) is 2.05. The second-order valence-electron chi connectivity index (χ2n) is 3.29. The predicted molar refractivity (Wildman–Crippen MR) is 57.7 cm³/mol. The lowest BCUT2D eigenvalue weighted by Crippen LogP contribution is -2.06. The Balaban J connectivity index is 2.75. The van der Waals surface area contributed by atoms with Gasteiger partial charge < -0.3 is 0 Å². The molecule has 0 bridgehead atoms. The molecule has 0 saturated carbocycles. The Hall–Kier alpha value is -0.440. The molecule has 1 aromatic rings. The molecule has 14 heavy (non-hydrogen) atoms. The van der Waals surface area contributed by atoms with Gasteiger partial charge in [-0.3, -0.25) is 0 Å². The average molecular weight is 263 g/mol. The molecule has 1 aromatic carbocycles. The van der Waals surface area contributed by atoms with Crippen LogP contribution in [-0.2, 0) is 6.42 Å². The molecule has 0 fully saturated rings. The Morgan fingerprint density at radius 3 is 2.36 bits per heavy atom. The van der Waals surface area contributed by atoms with Crippen molar-refractivity contribution in [1.82, 2.24) is 0 Å². The zero-order valence-corrected chi connectivity index (χ0v) is 9.65. The van der Waals surface area contributed by atoms with Gasteiger partial charge in [-0.25, -0.2) is 8.78 Å². The van der Waals surface area contributed by atoms with E-state index in [1.807, 2.05) is 6.92 Å². The molecule has 1 rings (SSSR count).